The standard InChI is InChI=1S/C10H12N4O2S/c1-17(15,16)10-6-13-14(7-10)9-2-3-12-8(4-9)5-11/h2-4,6-7H,5,11H2,1H3. The second-order valence-electron chi connectivity index (χ2n) is 3.60. The zero-order chi connectivity index (χ0) is 12.5. The van der Waals surface area contributed by atoms with Gasteiger partial charge in [0.25, 0.3) is 0 Å². The summed E-state index contributed by atoms with van der Waals surface area (Å²) in [4.78, 5) is 4.24. The maximum absolute atomic E-state index is 11.3. The van der Waals surface area contributed by atoms with Crippen molar-refractivity contribution in [1.82, 2.24) is 14.8 Å². The third-order valence-electron chi connectivity index (χ3n) is 2.26. The molecule has 2 aromatic rings. The quantitative estimate of drug-likeness (QED) is 0.838. The second-order valence-corrected chi connectivity index (χ2v) is 5.62. The van der Waals surface area contributed by atoms with Gasteiger partial charge in [0.2, 0.25) is 0 Å². The summed E-state index contributed by atoms with van der Waals surface area (Å²) in [6, 6.07) is 3.50. The fourth-order valence-electron chi connectivity index (χ4n) is 1.36. The van der Waals surface area contributed by atoms with Crippen LogP contribution in [-0.4, -0.2) is 29.4 Å². The Morgan fingerprint density at radius 1 is 1.47 bits per heavy atom. The van der Waals surface area contributed by atoms with E-state index in [0.29, 0.717) is 6.54 Å². The third-order valence-corrected chi connectivity index (χ3v) is 3.33. The summed E-state index contributed by atoms with van der Waals surface area (Å²) in [5, 5.41) is 4.00. The van der Waals surface area contributed by atoms with E-state index >= 15 is 0 Å². The van der Waals surface area contributed by atoms with Crippen LogP contribution >= 0.6 is 0 Å². The number of aromatic nitrogens is 3. The van der Waals surface area contributed by atoms with Gasteiger partial charge in [-0.05, 0) is 12.1 Å². The maximum Gasteiger partial charge on any atom is 0.178 e. The molecule has 0 saturated heterocycles. The van der Waals surface area contributed by atoms with Crippen LogP contribution in [-0.2, 0) is 16.4 Å². The lowest BCUT2D eigenvalue weighted by Gasteiger charge is -2.02. The van der Waals surface area contributed by atoms with Crippen LogP contribution in [0.4, 0.5) is 0 Å². The Morgan fingerprint density at radius 3 is 2.82 bits per heavy atom. The normalized spacial score (nSPS) is 11.6. The SMILES string of the molecule is CS(=O)(=O)c1cnn(-c2ccnc(CN)c2)c1. The average Bonchev–Trinajstić information content (AvgIpc) is 2.78. The van der Waals surface area contributed by atoms with Crippen molar-refractivity contribution in [2.75, 3.05) is 6.26 Å². The van der Waals surface area contributed by atoms with Gasteiger partial charge in [-0.1, -0.05) is 0 Å². The molecule has 0 bridgehead atoms. The highest BCUT2D eigenvalue weighted by molar-refractivity contribution is 7.90. The van der Waals surface area contributed by atoms with Crippen LogP contribution < -0.4 is 5.73 Å². The number of nitrogens with zero attached hydrogens (tertiary/aromatic N) is 3. The van der Waals surface area contributed by atoms with Crippen molar-refractivity contribution < 1.29 is 8.42 Å². The Kier molecular flexibility index (Phi) is 2.95. The minimum absolute atomic E-state index is 0.184. The van der Waals surface area contributed by atoms with Gasteiger partial charge < -0.3 is 5.73 Å². The van der Waals surface area contributed by atoms with E-state index in [1.54, 1.807) is 18.3 Å². The average molecular weight is 252 g/mol. The van der Waals surface area contributed by atoms with E-state index in [0.717, 1.165) is 17.6 Å². The molecular formula is C10H12N4O2S. The molecular weight excluding hydrogens is 240 g/mol. The Bertz CT molecular complexity index is 633. The largest absolute Gasteiger partial charge is 0.325 e. The number of nitrogens with two attached hydrogens (primary N) is 1. The first-order valence-electron chi connectivity index (χ1n) is 4.91. The Balaban J connectivity index is 2.43. The molecule has 0 atom stereocenters. The van der Waals surface area contributed by atoms with E-state index in [-0.39, 0.29) is 4.90 Å². The molecule has 0 spiro atoms. The minimum atomic E-state index is -3.23. The highest BCUT2D eigenvalue weighted by Gasteiger charge is 2.10. The highest BCUT2D eigenvalue weighted by atomic mass is 32.2. The van der Waals surface area contributed by atoms with Gasteiger partial charge in [-0.15, -0.1) is 0 Å². The molecule has 2 heterocycles. The molecule has 2 rings (SSSR count). The summed E-state index contributed by atoms with van der Waals surface area (Å²) in [5.41, 5.74) is 6.94. The number of hydrogen-bond donors (Lipinski definition) is 1. The molecule has 7 heteroatoms. The number of pyridine rings is 1. The van der Waals surface area contributed by atoms with E-state index in [9.17, 15) is 8.42 Å². The Labute approximate surface area is 99.0 Å². The summed E-state index contributed by atoms with van der Waals surface area (Å²) >= 11 is 0. The Hall–Kier alpha value is -1.73. The topological polar surface area (TPSA) is 90.9 Å². The van der Waals surface area contributed by atoms with Gasteiger partial charge in [-0.3, -0.25) is 4.98 Å². The fourth-order valence-corrected chi connectivity index (χ4v) is 1.89. The lowest BCUT2D eigenvalue weighted by atomic mass is 10.3. The molecule has 0 radical (unpaired) electrons. The molecule has 2 N–H and O–H groups in total. The van der Waals surface area contributed by atoms with Crippen molar-refractivity contribution >= 4 is 9.84 Å². The van der Waals surface area contributed by atoms with Crippen molar-refractivity contribution in [1.29, 1.82) is 0 Å². The van der Waals surface area contributed by atoms with Crippen molar-refractivity contribution in [3.05, 3.63) is 36.4 Å². The molecule has 90 valence electrons. The predicted octanol–water partition coefficient (Wildman–Crippen LogP) is 0.130. The van der Waals surface area contributed by atoms with Crippen LogP contribution in [0.5, 0.6) is 0 Å². The van der Waals surface area contributed by atoms with E-state index < -0.39 is 9.84 Å². The molecule has 0 aliphatic carbocycles. The van der Waals surface area contributed by atoms with Crippen molar-refractivity contribution in [2.45, 2.75) is 11.4 Å². The predicted molar refractivity (Wildman–Crippen MR) is 62.4 cm³/mol. The van der Waals surface area contributed by atoms with Gasteiger partial charge >= 0.3 is 0 Å². The van der Waals surface area contributed by atoms with E-state index in [4.69, 9.17) is 5.73 Å². The molecule has 0 aliphatic heterocycles. The summed E-state index contributed by atoms with van der Waals surface area (Å²) < 4.78 is 24.1. The summed E-state index contributed by atoms with van der Waals surface area (Å²) in [6.07, 6.45) is 5.54. The molecule has 17 heavy (non-hydrogen) atoms. The highest BCUT2D eigenvalue weighted by Crippen LogP contribution is 2.12. The molecule has 0 fully saturated rings. The summed E-state index contributed by atoms with van der Waals surface area (Å²) in [7, 11) is -3.23. The van der Waals surface area contributed by atoms with Gasteiger partial charge in [-0.2, -0.15) is 5.10 Å². The minimum Gasteiger partial charge on any atom is -0.325 e. The second kappa shape index (κ2) is 4.27. The fraction of sp³-hybridized carbons (Fsp3) is 0.200. The van der Waals surface area contributed by atoms with Gasteiger partial charge in [0.05, 0.1) is 17.6 Å². The monoisotopic (exact) mass is 252 g/mol. The molecule has 0 amide bonds. The zero-order valence-electron chi connectivity index (χ0n) is 9.24. The summed E-state index contributed by atoms with van der Waals surface area (Å²) in [5.74, 6) is 0. The van der Waals surface area contributed by atoms with Gasteiger partial charge in [0.15, 0.2) is 9.84 Å². The Morgan fingerprint density at radius 2 is 2.24 bits per heavy atom. The van der Waals surface area contributed by atoms with Crippen LogP contribution in [0.1, 0.15) is 5.69 Å². The van der Waals surface area contributed by atoms with Crippen LogP contribution in [0, 0.1) is 0 Å². The van der Waals surface area contributed by atoms with E-state index in [2.05, 4.69) is 10.1 Å². The van der Waals surface area contributed by atoms with Gasteiger partial charge in [-0.25, -0.2) is 13.1 Å². The van der Waals surface area contributed by atoms with Crippen LogP contribution in [0.25, 0.3) is 5.69 Å². The maximum atomic E-state index is 11.3. The van der Waals surface area contributed by atoms with E-state index in [1.165, 1.54) is 17.1 Å². The third kappa shape index (κ3) is 2.51. The van der Waals surface area contributed by atoms with E-state index in [1.807, 2.05) is 0 Å². The molecule has 0 saturated carbocycles. The lowest BCUT2D eigenvalue weighted by Crippen LogP contribution is -2.02. The smallest absolute Gasteiger partial charge is 0.178 e. The molecule has 0 unspecified atom stereocenters. The van der Waals surface area contributed by atoms with Crippen LogP contribution in [0.15, 0.2) is 35.6 Å². The first-order valence-corrected chi connectivity index (χ1v) is 6.80. The number of hydrogen-bond acceptors (Lipinski definition) is 5. The van der Waals surface area contributed by atoms with Crippen molar-refractivity contribution in [2.24, 2.45) is 5.73 Å². The molecule has 0 aliphatic rings. The number of sulfone groups is 1. The molecule has 0 aromatic carbocycles. The first-order chi connectivity index (χ1) is 8.00. The number of rotatable bonds is 3. The van der Waals surface area contributed by atoms with Crippen LogP contribution in [0.3, 0.4) is 0 Å². The zero-order valence-corrected chi connectivity index (χ0v) is 10.1. The van der Waals surface area contributed by atoms with Crippen molar-refractivity contribution in [3.63, 3.8) is 0 Å². The lowest BCUT2D eigenvalue weighted by molar-refractivity contribution is 0.602. The van der Waals surface area contributed by atoms with Crippen molar-refractivity contribution in [3.8, 4) is 5.69 Å². The molecule has 2 aromatic heterocycles. The van der Waals surface area contributed by atoms with Gasteiger partial charge in [0, 0.05) is 25.2 Å². The van der Waals surface area contributed by atoms with Gasteiger partial charge in [0.1, 0.15) is 4.90 Å². The molecule has 6 nitrogen and oxygen atoms in total. The summed E-state index contributed by atoms with van der Waals surface area (Å²) in [6.45, 7) is 0.327. The van der Waals surface area contributed by atoms with Crippen LogP contribution in [0.2, 0.25) is 0 Å². The first kappa shape index (κ1) is 11.7.